The average Bonchev–Trinajstić information content (AvgIpc) is 3.27. The van der Waals surface area contributed by atoms with Crippen LogP contribution >= 0.6 is 22.6 Å². The molecular weight excluding hydrogens is 679 g/mol. The maximum atomic E-state index is 11.9. The standard InChI is InChI=1S/C25H29IN2O14/c26-25(37)40-12-13-1-2-14(41-24-21(34)19(32)20(33)22(42-24)23(35)36)11-15(13)39-10-9-38-8-6-27-16(29)5-7-28-17(30)3-4-18(28)31/h1-4,11,19-22,24,32-34H,5-10,12H2,(H,27,29)(H,35,36)/t19-,20-,21+,22-,24+/m0/s1. The molecule has 230 valence electrons. The Morgan fingerprint density at radius 3 is 2.38 bits per heavy atom. The third kappa shape index (κ3) is 9.33. The number of carboxylic acids is 1. The number of rotatable bonds is 15. The van der Waals surface area contributed by atoms with Gasteiger partial charge in [0, 0.05) is 43.3 Å². The van der Waals surface area contributed by atoms with Gasteiger partial charge in [-0.1, -0.05) is 0 Å². The topological polar surface area (TPSA) is 228 Å². The van der Waals surface area contributed by atoms with E-state index in [9.17, 15) is 44.4 Å². The number of nitrogens with one attached hydrogen (secondary N) is 1. The third-order valence-corrected chi connectivity index (χ3v) is 6.27. The van der Waals surface area contributed by atoms with E-state index < -0.39 is 52.5 Å². The Labute approximate surface area is 252 Å². The number of aliphatic carboxylic acids is 1. The van der Waals surface area contributed by atoms with E-state index in [1.54, 1.807) is 0 Å². The molecular formula is C25H29IN2O14. The number of imide groups is 1. The number of aliphatic hydroxyl groups is 3. The van der Waals surface area contributed by atoms with Crippen LogP contribution < -0.4 is 14.8 Å². The van der Waals surface area contributed by atoms with Crippen molar-refractivity contribution in [3.8, 4) is 11.5 Å². The zero-order valence-corrected chi connectivity index (χ0v) is 24.1. The molecule has 2 aliphatic rings. The second-order valence-electron chi connectivity index (χ2n) is 8.87. The Bertz CT molecular complexity index is 1180. The number of halogens is 1. The van der Waals surface area contributed by atoms with Gasteiger partial charge in [0.15, 0.2) is 6.10 Å². The third-order valence-electron chi connectivity index (χ3n) is 5.96. The summed E-state index contributed by atoms with van der Waals surface area (Å²) >= 11 is 1.46. The number of ether oxygens (including phenoxy) is 5. The summed E-state index contributed by atoms with van der Waals surface area (Å²) in [5.41, 5.74) is 0.439. The Kier molecular flexibility index (Phi) is 12.4. The van der Waals surface area contributed by atoms with Crippen LogP contribution in [0.1, 0.15) is 12.0 Å². The van der Waals surface area contributed by atoms with Gasteiger partial charge < -0.3 is 49.4 Å². The van der Waals surface area contributed by atoms with Crippen LogP contribution in [0, 0.1) is 0 Å². The molecule has 3 amide bonds. The first-order valence-electron chi connectivity index (χ1n) is 12.5. The van der Waals surface area contributed by atoms with Crippen molar-refractivity contribution >= 4 is 50.3 Å². The molecule has 1 saturated heterocycles. The summed E-state index contributed by atoms with van der Waals surface area (Å²) in [5.74, 6) is -2.61. The predicted molar refractivity (Wildman–Crippen MR) is 145 cm³/mol. The molecule has 0 aliphatic carbocycles. The molecule has 0 aromatic heterocycles. The Hall–Kier alpha value is -3.36. The molecule has 2 heterocycles. The van der Waals surface area contributed by atoms with Gasteiger partial charge in [-0.15, -0.1) is 0 Å². The zero-order valence-electron chi connectivity index (χ0n) is 21.9. The Morgan fingerprint density at radius 2 is 1.71 bits per heavy atom. The van der Waals surface area contributed by atoms with Crippen molar-refractivity contribution in [3.63, 3.8) is 0 Å². The maximum absolute atomic E-state index is 11.9. The van der Waals surface area contributed by atoms with Gasteiger partial charge in [-0.05, 0) is 12.1 Å². The lowest BCUT2D eigenvalue weighted by atomic mass is 9.99. The van der Waals surface area contributed by atoms with Gasteiger partial charge in [-0.25, -0.2) is 9.59 Å². The van der Waals surface area contributed by atoms with Gasteiger partial charge in [-0.2, -0.15) is 0 Å². The van der Waals surface area contributed by atoms with Crippen LogP contribution in [-0.4, -0.2) is 117 Å². The number of benzene rings is 1. The number of carbonyl (C=O) groups excluding carboxylic acids is 4. The van der Waals surface area contributed by atoms with E-state index in [0.717, 1.165) is 17.1 Å². The molecule has 2 aliphatic heterocycles. The van der Waals surface area contributed by atoms with E-state index >= 15 is 0 Å². The summed E-state index contributed by atoms with van der Waals surface area (Å²) in [4.78, 5) is 58.5. The van der Waals surface area contributed by atoms with E-state index in [0.29, 0.717) is 5.56 Å². The number of hydrogen-bond acceptors (Lipinski definition) is 13. The maximum Gasteiger partial charge on any atom is 0.367 e. The molecule has 5 N–H and O–H groups in total. The Balaban J connectivity index is 1.47. The number of amides is 3. The zero-order chi connectivity index (χ0) is 30.8. The van der Waals surface area contributed by atoms with Crippen LogP contribution in [0.25, 0.3) is 0 Å². The normalized spacial score (nSPS) is 23.5. The fraction of sp³-hybridized carbons (Fsp3) is 0.480. The minimum atomic E-state index is -1.88. The predicted octanol–water partition coefficient (Wildman–Crippen LogP) is -1.14. The fourth-order valence-corrected chi connectivity index (χ4v) is 3.96. The lowest BCUT2D eigenvalue weighted by Crippen LogP contribution is -2.61. The molecule has 0 saturated carbocycles. The molecule has 0 unspecified atom stereocenters. The van der Waals surface area contributed by atoms with E-state index in [4.69, 9.17) is 23.7 Å². The molecule has 1 fully saturated rings. The first-order valence-corrected chi connectivity index (χ1v) is 13.6. The number of nitrogens with zero attached hydrogens (tertiary/aromatic N) is 1. The fourth-order valence-electron chi connectivity index (χ4n) is 3.81. The van der Waals surface area contributed by atoms with Crippen molar-refractivity contribution < 1.29 is 68.1 Å². The molecule has 42 heavy (non-hydrogen) atoms. The molecule has 16 nitrogen and oxygen atoms in total. The SMILES string of the molecule is O=C(CCN1C(=O)C=CC1=O)NCCOCCOc1cc(O[C@@H]2O[C@H](C(=O)O)[C@@H](O)[C@H](O)[C@H]2O)ccc1COC(=O)I. The van der Waals surface area contributed by atoms with Crippen LogP contribution in [0.3, 0.4) is 0 Å². The first-order chi connectivity index (χ1) is 20.0. The van der Waals surface area contributed by atoms with Crippen LogP contribution in [0.4, 0.5) is 4.79 Å². The van der Waals surface area contributed by atoms with Gasteiger partial charge >= 0.3 is 9.95 Å². The molecule has 1 aromatic rings. The van der Waals surface area contributed by atoms with Crippen LogP contribution in [0.5, 0.6) is 11.5 Å². The Morgan fingerprint density at radius 1 is 1.00 bits per heavy atom. The summed E-state index contributed by atoms with van der Waals surface area (Å²) in [6.45, 7) is 0.228. The largest absolute Gasteiger partial charge is 0.491 e. The second-order valence-corrected chi connectivity index (χ2v) is 9.75. The lowest BCUT2D eigenvalue weighted by Gasteiger charge is -2.38. The molecule has 5 atom stereocenters. The van der Waals surface area contributed by atoms with Gasteiger partial charge in [0.05, 0.1) is 35.8 Å². The molecule has 17 heteroatoms. The van der Waals surface area contributed by atoms with Gasteiger partial charge in [0.1, 0.15) is 43.0 Å². The summed E-state index contributed by atoms with van der Waals surface area (Å²) < 4.78 is 26.2. The smallest absolute Gasteiger partial charge is 0.367 e. The summed E-state index contributed by atoms with van der Waals surface area (Å²) in [6.07, 6.45) is -6.74. The van der Waals surface area contributed by atoms with Gasteiger partial charge in [-0.3, -0.25) is 19.3 Å². The van der Waals surface area contributed by atoms with Crippen molar-refractivity contribution in [2.45, 2.75) is 43.7 Å². The highest BCUT2D eigenvalue weighted by molar-refractivity contribution is 14.1. The van der Waals surface area contributed by atoms with E-state index in [2.05, 4.69) is 5.32 Å². The quantitative estimate of drug-likeness (QED) is 0.0628. The number of carbonyl (C=O) groups is 5. The molecule has 3 rings (SSSR count). The van der Waals surface area contributed by atoms with Crippen molar-refractivity contribution in [1.29, 1.82) is 0 Å². The minimum absolute atomic E-state index is 0.0172. The molecule has 0 spiro atoms. The lowest BCUT2D eigenvalue weighted by molar-refractivity contribution is -0.271. The highest BCUT2D eigenvalue weighted by Gasteiger charge is 2.48. The summed E-state index contributed by atoms with van der Waals surface area (Å²) in [6, 6.07) is 4.28. The number of hydrogen-bond donors (Lipinski definition) is 5. The van der Waals surface area contributed by atoms with Crippen LogP contribution in [-0.2, 0) is 40.0 Å². The van der Waals surface area contributed by atoms with Crippen LogP contribution in [0.2, 0.25) is 0 Å². The van der Waals surface area contributed by atoms with E-state index in [1.807, 2.05) is 0 Å². The van der Waals surface area contributed by atoms with Crippen molar-refractivity contribution in [3.05, 3.63) is 35.9 Å². The highest BCUT2D eigenvalue weighted by atomic mass is 127. The highest BCUT2D eigenvalue weighted by Crippen LogP contribution is 2.30. The molecule has 0 bridgehead atoms. The second kappa shape index (κ2) is 15.8. The molecule has 0 radical (unpaired) electrons. The minimum Gasteiger partial charge on any atom is -0.491 e. The van der Waals surface area contributed by atoms with Crippen molar-refractivity contribution in [1.82, 2.24) is 10.2 Å². The van der Waals surface area contributed by atoms with E-state index in [-0.39, 0.29) is 63.3 Å². The van der Waals surface area contributed by atoms with Crippen LogP contribution in [0.15, 0.2) is 30.4 Å². The molecule has 1 aromatic carbocycles. The van der Waals surface area contributed by atoms with E-state index in [1.165, 1.54) is 40.8 Å². The van der Waals surface area contributed by atoms with Crippen molar-refractivity contribution in [2.75, 3.05) is 32.9 Å². The van der Waals surface area contributed by atoms with Crippen molar-refractivity contribution in [2.24, 2.45) is 0 Å². The summed E-state index contributed by atoms with van der Waals surface area (Å²) in [7, 11) is 0. The first kappa shape index (κ1) is 33.1. The number of aliphatic hydroxyl groups excluding tert-OH is 3. The van der Waals surface area contributed by atoms with Gasteiger partial charge in [0.2, 0.25) is 12.2 Å². The monoisotopic (exact) mass is 708 g/mol. The number of carboxylic acid groups (broad SMARTS) is 1. The van der Waals surface area contributed by atoms with Gasteiger partial charge in [0.25, 0.3) is 11.8 Å². The summed E-state index contributed by atoms with van der Waals surface area (Å²) in [5, 5.41) is 41.9. The average molecular weight is 708 g/mol.